The van der Waals surface area contributed by atoms with Crippen molar-refractivity contribution in [2.45, 2.75) is 42.1 Å². The molecule has 0 radical (unpaired) electrons. The third kappa shape index (κ3) is 4.41. The van der Waals surface area contributed by atoms with Crippen LogP contribution < -0.4 is 0 Å². The summed E-state index contributed by atoms with van der Waals surface area (Å²) in [5, 5.41) is 0. The molecule has 0 amide bonds. The van der Waals surface area contributed by atoms with Crippen molar-refractivity contribution in [1.82, 2.24) is 0 Å². The fourth-order valence-electron chi connectivity index (χ4n) is 3.67. The molecule has 2 aliphatic heterocycles. The van der Waals surface area contributed by atoms with E-state index in [1.165, 1.54) is 6.92 Å². The number of alkyl halides is 1. The second-order valence-corrected chi connectivity index (χ2v) is 8.64. The van der Waals surface area contributed by atoms with Gasteiger partial charge in [0, 0.05) is 5.56 Å². The van der Waals surface area contributed by atoms with Crippen LogP contribution >= 0.6 is 27.8 Å². The van der Waals surface area contributed by atoms with Crippen molar-refractivity contribution in [1.29, 1.82) is 0 Å². The van der Waals surface area contributed by atoms with Crippen molar-refractivity contribution in [3.05, 3.63) is 71.8 Å². The number of fused-ring (bicyclic) bond motifs is 1. The van der Waals surface area contributed by atoms with Gasteiger partial charge in [-0.05, 0) is 35.0 Å². The number of benzene rings is 2. The lowest BCUT2D eigenvalue weighted by Gasteiger charge is -2.50. The molecule has 2 fully saturated rings. The number of Topliss-reactive ketones (excluding diaryl/α,β-unsaturated/α-hetero) is 1. The van der Waals surface area contributed by atoms with Gasteiger partial charge in [0.25, 0.3) is 0 Å². The van der Waals surface area contributed by atoms with E-state index in [0.717, 1.165) is 5.56 Å². The summed E-state index contributed by atoms with van der Waals surface area (Å²) in [6, 6.07) is 17.7. The monoisotopic (exact) mass is 510 g/mol. The highest BCUT2D eigenvalue weighted by Crippen LogP contribution is 2.44. The molecule has 2 heterocycles. The molecule has 0 spiro atoms. The molecule has 31 heavy (non-hydrogen) atoms. The van der Waals surface area contributed by atoms with Gasteiger partial charge < -0.3 is 18.9 Å². The van der Waals surface area contributed by atoms with E-state index in [0.29, 0.717) is 5.56 Å². The molecule has 9 heteroatoms. The summed E-state index contributed by atoms with van der Waals surface area (Å²) < 4.78 is 27.1. The molecule has 7 nitrogen and oxygen atoms in total. The molecule has 2 aromatic carbocycles. The lowest BCUT2D eigenvalue weighted by atomic mass is 9.92. The fourth-order valence-corrected chi connectivity index (χ4v) is 4.46. The molecule has 164 valence electrons. The van der Waals surface area contributed by atoms with E-state index in [9.17, 15) is 9.59 Å². The van der Waals surface area contributed by atoms with Crippen LogP contribution in [0.3, 0.4) is 0 Å². The number of carbonyl (C=O) groups is 2. The van der Waals surface area contributed by atoms with E-state index in [2.05, 4.69) is 15.9 Å². The third-order valence-electron chi connectivity index (χ3n) is 5.27. The Morgan fingerprint density at radius 2 is 1.74 bits per heavy atom. The maximum atomic E-state index is 12.8. The molecular weight excluding hydrogens is 492 g/mol. The molecule has 0 saturated carbocycles. The summed E-state index contributed by atoms with van der Waals surface area (Å²) in [4.78, 5) is 25.3. The summed E-state index contributed by atoms with van der Waals surface area (Å²) >= 11 is 9.18. The van der Waals surface area contributed by atoms with Crippen LogP contribution in [0.25, 0.3) is 0 Å². The second kappa shape index (κ2) is 9.36. The minimum atomic E-state index is -1.68. The van der Waals surface area contributed by atoms with Crippen molar-refractivity contribution in [3.63, 3.8) is 0 Å². The van der Waals surface area contributed by atoms with E-state index in [1.807, 2.05) is 30.3 Å². The maximum Gasteiger partial charge on any atom is 0.338 e. The molecule has 0 aliphatic carbocycles. The lowest BCUT2D eigenvalue weighted by molar-refractivity contribution is -0.323. The van der Waals surface area contributed by atoms with Crippen molar-refractivity contribution < 1.29 is 32.8 Å². The van der Waals surface area contributed by atoms with Crippen molar-refractivity contribution in [2.24, 2.45) is 0 Å². The number of carbonyl (C=O) groups excluding carboxylic acids is 2. The number of hydrogen-bond acceptors (Lipinski definition) is 7. The summed E-state index contributed by atoms with van der Waals surface area (Å²) in [6.07, 6.45) is -4.35. The maximum absolute atomic E-state index is 12.8. The van der Waals surface area contributed by atoms with Gasteiger partial charge in [-0.15, -0.1) is 0 Å². The smallest absolute Gasteiger partial charge is 0.338 e. The molecule has 1 unspecified atom stereocenters. The summed E-state index contributed by atoms with van der Waals surface area (Å²) in [6.45, 7) is 1.45. The van der Waals surface area contributed by atoms with Crippen LogP contribution in [0.4, 0.5) is 0 Å². The van der Waals surface area contributed by atoms with Gasteiger partial charge in [0.15, 0.2) is 18.2 Å². The quantitative estimate of drug-likeness (QED) is 0.444. The van der Waals surface area contributed by atoms with Crippen LogP contribution in [0.5, 0.6) is 0 Å². The molecule has 6 atom stereocenters. The molecule has 2 aliphatic rings. The first-order valence-corrected chi connectivity index (χ1v) is 10.8. The molecule has 0 N–H and O–H groups in total. The Morgan fingerprint density at radius 3 is 2.35 bits per heavy atom. The summed E-state index contributed by atoms with van der Waals surface area (Å²) in [5.41, 5.74) is 1.11. The zero-order chi connectivity index (χ0) is 22.0. The van der Waals surface area contributed by atoms with Gasteiger partial charge in [-0.3, -0.25) is 9.08 Å². The summed E-state index contributed by atoms with van der Waals surface area (Å²) in [7, 11) is 0. The van der Waals surface area contributed by atoms with Crippen molar-refractivity contribution in [3.8, 4) is 0 Å². The molecular formula is C22H20BrClO7. The van der Waals surface area contributed by atoms with E-state index >= 15 is 0 Å². The molecule has 2 aromatic rings. The van der Waals surface area contributed by atoms with Gasteiger partial charge in [-0.1, -0.05) is 48.5 Å². The number of rotatable bonds is 5. The van der Waals surface area contributed by atoms with Gasteiger partial charge in [-0.25, -0.2) is 4.79 Å². The van der Waals surface area contributed by atoms with Gasteiger partial charge >= 0.3 is 5.97 Å². The lowest BCUT2D eigenvalue weighted by Crippen LogP contribution is -2.68. The average Bonchev–Trinajstić information content (AvgIpc) is 2.80. The Morgan fingerprint density at radius 1 is 1.10 bits per heavy atom. The minimum absolute atomic E-state index is 0.126. The number of esters is 1. The molecule has 0 aromatic heterocycles. The molecule has 4 rings (SSSR count). The predicted octanol–water partition coefficient (Wildman–Crippen LogP) is 3.94. The van der Waals surface area contributed by atoms with Crippen LogP contribution in [-0.4, -0.2) is 47.3 Å². The topological polar surface area (TPSA) is 80.3 Å². The first kappa shape index (κ1) is 22.4. The van der Waals surface area contributed by atoms with Gasteiger partial charge in [0.05, 0.1) is 24.0 Å². The largest absolute Gasteiger partial charge is 0.451 e. The van der Waals surface area contributed by atoms with Crippen LogP contribution in [0, 0.1) is 0 Å². The molecule has 2 saturated heterocycles. The highest BCUT2D eigenvalue weighted by atomic mass is 79.9. The van der Waals surface area contributed by atoms with Gasteiger partial charge in [0.1, 0.15) is 18.3 Å². The Balaban J connectivity index is 1.63. The SMILES string of the molecule is CC(=O)[C@@]1(Br)O[C@@H]2COC(c3ccccc3)O[C@@H]2[C@H](OCl)[C@H]1OC(=O)c1ccccc1. The van der Waals surface area contributed by atoms with E-state index < -0.39 is 47.0 Å². The Labute approximate surface area is 192 Å². The predicted molar refractivity (Wildman–Crippen MR) is 114 cm³/mol. The number of ketones is 1. The fraction of sp³-hybridized carbons (Fsp3) is 0.364. The normalized spacial score (nSPS) is 32.7. The number of ether oxygens (including phenoxy) is 4. The standard InChI is InChI=1S/C22H20BrClO7/c1-13(25)22(23)19(29-20(26)14-8-4-2-5-9-14)18(31-24)17-16(30-22)12-27-21(28-17)15-10-6-3-7-11-15/h2-11,16-19,21H,12H2,1H3/t16-,17+,18+,19-,21?,22-/m1/s1. The zero-order valence-corrected chi connectivity index (χ0v) is 18.8. The van der Waals surface area contributed by atoms with Crippen LogP contribution in [0.1, 0.15) is 29.1 Å². The zero-order valence-electron chi connectivity index (χ0n) is 16.5. The number of hydrogen-bond donors (Lipinski definition) is 0. The highest BCUT2D eigenvalue weighted by molar-refractivity contribution is 9.10. The minimum Gasteiger partial charge on any atom is -0.451 e. The first-order chi connectivity index (χ1) is 14.9. The van der Waals surface area contributed by atoms with Crippen LogP contribution in [0.2, 0.25) is 0 Å². The molecule has 0 bridgehead atoms. The Bertz CT molecular complexity index is 928. The van der Waals surface area contributed by atoms with E-state index in [4.69, 9.17) is 35.1 Å². The first-order valence-electron chi connectivity index (χ1n) is 9.67. The number of halogens is 2. The van der Waals surface area contributed by atoms with Gasteiger partial charge in [-0.2, -0.15) is 0 Å². The average molecular weight is 512 g/mol. The van der Waals surface area contributed by atoms with Gasteiger partial charge in [0.2, 0.25) is 4.51 Å². The second-order valence-electron chi connectivity index (χ2n) is 7.28. The van der Waals surface area contributed by atoms with E-state index in [-0.39, 0.29) is 6.61 Å². The van der Waals surface area contributed by atoms with Crippen molar-refractivity contribution in [2.75, 3.05) is 6.61 Å². The van der Waals surface area contributed by atoms with Crippen LogP contribution in [-0.2, 0) is 28.0 Å². The summed E-state index contributed by atoms with van der Waals surface area (Å²) in [5.74, 6) is -1.07. The van der Waals surface area contributed by atoms with Crippen LogP contribution in [0.15, 0.2) is 60.7 Å². The highest BCUT2D eigenvalue weighted by Gasteiger charge is 2.61. The van der Waals surface area contributed by atoms with Crippen molar-refractivity contribution >= 4 is 39.5 Å². The Hall–Kier alpha value is -1.81. The third-order valence-corrected chi connectivity index (χ3v) is 6.67. The van der Waals surface area contributed by atoms with E-state index in [1.54, 1.807) is 30.3 Å². The Kier molecular flexibility index (Phi) is 6.76.